The molecule has 1 N–H and O–H groups in total. The zero-order valence-electron chi connectivity index (χ0n) is 12.7. The number of amides is 1. The first-order valence-electron chi connectivity index (χ1n) is 7.40. The summed E-state index contributed by atoms with van der Waals surface area (Å²) in [6.45, 7) is 1.15. The van der Waals surface area contributed by atoms with Gasteiger partial charge in [-0.25, -0.2) is 0 Å². The summed E-state index contributed by atoms with van der Waals surface area (Å²) in [5, 5.41) is 7.88. The second kappa shape index (κ2) is 7.51. The van der Waals surface area contributed by atoms with Crippen molar-refractivity contribution in [2.24, 2.45) is 0 Å². The molecule has 0 fully saturated rings. The Labute approximate surface area is 150 Å². The molecule has 0 aliphatic rings. The third kappa shape index (κ3) is 4.16. The fourth-order valence-electron chi connectivity index (χ4n) is 2.29. The van der Waals surface area contributed by atoms with Crippen LogP contribution in [0.2, 0.25) is 10.0 Å². The van der Waals surface area contributed by atoms with Gasteiger partial charge in [-0.05, 0) is 35.4 Å². The van der Waals surface area contributed by atoms with Crippen LogP contribution in [0.4, 0.5) is 0 Å². The van der Waals surface area contributed by atoms with Gasteiger partial charge in [0.2, 0.25) is 0 Å². The highest BCUT2D eigenvalue weighted by Crippen LogP contribution is 2.20. The molecule has 3 rings (SSSR count). The monoisotopic (exact) mass is 359 g/mol. The van der Waals surface area contributed by atoms with Crippen LogP contribution in [0.25, 0.3) is 0 Å². The highest BCUT2D eigenvalue weighted by Gasteiger charge is 2.10. The van der Waals surface area contributed by atoms with Crippen LogP contribution in [0.5, 0.6) is 0 Å². The van der Waals surface area contributed by atoms with Gasteiger partial charge in [0.15, 0.2) is 0 Å². The molecule has 0 bridgehead atoms. The number of hydrogen-bond donors (Lipinski definition) is 1. The molecule has 0 saturated heterocycles. The molecule has 1 aromatic heterocycles. The van der Waals surface area contributed by atoms with Crippen LogP contribution in [0.15, 0.2) is 60.9 Å². The molecule has 24 heavy (non-hydrogen) atoms. The Balaban J connectivity index is 1.59. The van der Waals surface area contributed by atoms with Crippen LogP contribution in [-0.2, 0) is 13.1 Å². The molecule has 2 aromatic carbocycles. The quantitative estimate of drug-likeness (QED) is 0.742. The van der Waals surface area contributed by atoms with Crippen molar-refractivity contribution in [3.8, 4) is 0 Å². The van der Waals surface area contributed by atoms with E-state index in [4.69, 9.17) is 23.2 Å². The fourth-order valence-corrected chi connectivity index (χ4v) is 2.79. The van der Waals surface area contributed by atoms with Crippen LogP contribution < -0.4 is 5.32 Å². The Kier molecular flexibility index (Phi) is 5.18. The van der Waals surface area contributed by atoms with Crippen molar-refractivity contribution < 1.29 is 4.79 Å². The lowest BCUT2D eigenvalue weighted by Gasteiger charge is -2.08. The van der Waals surface area contributed by atoms with Gasteiger partial charge in [0.25, 0.3) is 5.91 Å². The smallest absolute Gasteiger partial charge is 0.253 e. The summed E-state index contributed by atoms with van der Waals surface area (Å²) < 4.78 is 1.86. The van der Waals surface area contributed by atoms with Gasteiger partial charge >= 0.3 is 0 Å². The lowest BCUT2D eigenvalue weighted by Crippen LogP contribution is -2.23. The highest BCUT2D eigenvalue weighted by molar-refractivity contribution is 6.36. The van der Waals surface area contributed by atoms with Gasteiger partial charge in [0.1, 0.15) is 0 Å². The van der Waals surface area contributed by atoms with Crippen LogP contribution in [0.3, 0.4) is 0 Å². The zero-order valence-corrected chi connectivity index (χ0v) is 14.3. The minimum atomic E-state index is -0.225. The third-order valence-corrected chi connectivity index (χ3v) is 4.10. The van der Waals surface area contributed by atoms with Crippen molar-refractivity contribution in [2.45, 2.75) is 13.1 Å². The van der Waals surface area contributed by atoms with Gasteiger partial charge in [0.05, 0.1) is 17.1 Å². The van der Waals surface area contributed by atoms with Crippen molar-refractivity contribution in [2.75, 3.05) is 0 Å². The average Bonchev–Trinajstić information content (AvgIpc) is 3.07. The molecule has 0 atom stereocenters. The van der Waals surface area contributed by atoms with Crippen molar-refractivity contribution >= 4 is 29.1 Å². The third-order valence-electron chi connectivity index (χ3n) is 3.56. The topological polar surface area (TPSA) is 46.9 Å². The molecule has 0 aliphatic heterocycles. The van der Waals surface area contributed by atoms with Crippen molar-refractivity contribution in [3.63, 3.8) is 0 Å². The summed E-state index contributed by atoms with van der Waals surface area (Å²) in [4.78, 5) is 12.2. The number of benzene rings is 2. The summed E-state index contributed by atoms with van der Waals surface area (Å²) in [7, 11) is 0. The first-order chi connectivity index (χ1) is 11.6. The minimum absolute atomic E-state index is 0.225. The molecule has 4 nitrogen and oxygen atoms in total. The molecular formula is C18H15Cl2N3O. The Morgan fingerprint density at radius 1 is 1.08 bits per heavy atom. The number of nitrogens with zero attached hydrogens (tertiary/aromatic N) is 2. The Bertz CT molecular complexity index is 830. The lowest BCUT2D eigenvalue weighted by molar-refractivity contribution is 0.0951. The molecule has 1 heterocycles. The average molecular weight is 360 g/mol. The van der Waals surface area contributed by atoms with Gasteiger partial charge < -0.3 is 5.32 Å². The number of nitrogens with one attached hydrogen (secondary N) is 1. The number of carbonyl (C=O) groups is 1. The summed E-state index contributed by atoms with van der Waals surface area (Å²) in [6, 6.07) is 14.7. The first-order valence-corrected chi connectivity index (χ1v) is 8.16. The van der Waals surface area contributed by atoms with Gasteiger partial charge in [-0.3, -0.25) is 9.48 Å². The normalized spacial score (nSPS) is 10.6. The predicted molar refractivity (Wildman–Crippen MR) is 95.4 cm³/mol. The fraction of sp³-hybridized carbons (Fsp3) is 0.111. The SMILES string of the molecule is O=C(NCc1ccc(Cn2cccn2)cc1)c1ccc(Cl)cc1Cl. The first kappa shape index (κ1) is 16.6. The maximum atomic E-state index is 12.2. The van der Waals surface area contributed by atoms with Crippen molar-refractivity contribution in [1.29, 1.82) is 0 Å². The number of rotatable bonds is 5. The largest absolute Gasteiger partial charge is 0.348 e. The van der Waals surface area contributed by atoms with E-state index in [0.29, 0.717) is 22.2 Å². The molecular weight excluding hydrogens is 345 g/mol. The maximum absolute atomic E-state index is 12.2. The molecule has 0 unspecified atom stereocenters. The van der Waals surface area contributed by atoms with Crippen molar-refractivity contribution in [1.82, 2.24) is 15.1 Å². The molecule has 0 aliphatic carbocycles. The second-order valence-electron chi connectivity index (χ2n) is 5.33. The van der Waals surface area contributed by atoms with Gasteiger partial charge in [0, 0.05) is 24.0 Å². The summed E-state index contributed by atoms with van der Waals surface area (Å²) >= 11 is 11.9. The van der Waals surface area contributed by atoms with E-state index in [9.17, 15) is 4.79 Å². The Morgan fingerprint density at radius 3 is 2.50 bits per heavy atom. The van der Waals surface area contributed by atoms with E-state index < -0.39 is 0 Å². The van der Waals surface area contributed by atoms with E-state index in [2.05, 4.69) is 10.4 Å². The van der Waals surface area contributed by atoms with Crippen LogP contribution in [-0.4, -0.2) is 15.7 Å². The molecule has 3 aromatic rings. The molecule has 0 saturated carbocycles. The number of carbonyl (C=O) groups excluding carboxylic acids is 1. The standard InChI is InChI=1S/C18H15Cl2N3O/c19-15-6-7-16(17(20)10-15)18(24)21-11-13-2-4-14(5-3-13)12-23-9-1-8-22-23/h1-10H,11-12H2,(H,21,24). The van der Waals surface area contributed by atoms with Gasteiger partial charge in [-0.1, -0.05) is 47.5 Å². The van der Waals surface area contributed by atoms with Crippen molar-refractivity contribution in [3.05, 3.63) is 87.7 Å². The molecule has 0 radical (unpaired) electrons. The lowest BCUT2D eigenvalue weighted by atomic mass is 10.1. The highest BCUT2D eigenvalue weighted by atomic mass is 35.5. The predicted octanol–water partition coefficient (Wildman–Crippen LogP) is 4.17. The number of halogens is 2. The maximum Gasteiger partial charge on any atom is 0.253 e. The Hall–Kier alpha value is -2.30. The molecule has 0 spiro atoms. The molecule has 122 valence electrons. The number of hydrogen-bond acceptors (Lipinski definition) is 2. The van der Waals surface area contributed by atoms with E-state index >= 15 is 0 Å². The van der Waals surface area contributed by atoms with Gasteiger partial charge in [-0.15, -0.1) is 0 Å². The van der Waals surface area contributed by atoms with Gasteiger partial charge in [-0.2, -0.15) is 5.10 Å². The zero-order chi connectivity index (χ0) is 16.9. The summed E-state index contributed by atoms with van der Waals surface area (Å²) in [5.41, 5.74) is 2.57. The van der Waals surface area contributed by atoms with E-state index in [1.807, 2.05) is 41.2 Å². The van der Waals surface area contributed by atoms with E-state index in [1.54, 1.807) is 24.4 Å². The van der Waals surface area contributed by atoms with E-state index in [1.165, 1.54) is 0 Å². The number of aromatic nitrogens is 2. The van der Waals surface area contributed by atoms with Crippen LogP contribution in [0.1, 0.15) is 21.5 Å². The molecule has 1 amide bonds. The summed E-state index contributed by atoms with van der Waals surface area (Å²) in [6.07, 6.45) is 3.68. The Morgan fingerprint density at radius 2 is 1.83 bits per heavy atom. The van der Waals surface area contributed by atoms with E-state index in [0.717, 1.165) is 17.7 Å². The minimum Gasteiger partial charge on any atom is -0.348 e. The second-order valence-corrected chi connectivity index (χ2v) is 6.17. The summed E-state index contributed by atoms with van der Waals surface area (Å²) in [5.74, 6) is -0.225. The van der Waals surface area contributed by atoms with E-state index in [-0.39, 0.29) is 5.91 Å². The van der Waals surface area contributed by atoms with Crippen LogP contribution in [0, 0.1) is 0 Å². The van der Waals surface area contributed by atoms with Crippen LogP contribution >= 0.6 is 23.2 Å². The molecule has 6 heteroatoms.